The average molecular weight is 380 g/mol. The van der Waals surface area contributed by atoms with Crippen LogP contribution in [0.25, 0.3) is 17.3 Å². The Morgan fingerprint density at radius 1 is 1.21 bits per heavy atom. The lowest BCUT2D eigenvalue weighted by molar-refractivity contribution is 0.0950. The second kappa shape index (κ2) is 8.72. The number of ether oxygens (including phenoxy) is 2. The predicted molar refractivity (Wildman–Crippen MR) is 105 cm³/mol. The van der Waals surface area contributed by atoms with E-state index in [1.54, 1.807) is 50.8 Å². The van der Waals surface area contributed by atoms with E-state index in [2.05, 4.69) is 20.7 Å². The zero-order chi connectivity index (χ0) is 19.9. The quantitative estimate of drug-likeness (QED) is 0.482. The third-order valence-electron chi connectivity index (χ3n) is 3.85. The number of hydrogen-bond donors (Lipinski definition) is 2. The molecule has 3 rings (SSSR count). The highest BCUT2D eigenvalue weighted by molar-refractivity contribution is 5.94. The molecule has 0 atom stereocenters. The molecule has 0 saturated carbocycles. The Labute approximate surface area is 161 Å². The minimum atomic E-state index is -0.402. The summed E-state index contributed by atoms with van der Waals surface area (Å²) in [5, 5.41) is 10.8. The van der Waals surface area contributed by atoms with Gasteiger partial charge in [-0.2, -0.15) is 10.2 Å². The first-order chi connectivity index (χ1) is 13.6. The van der Waals surface area contributed by atoms with E-state index in [0.29, 0.717) is 23.0 Å². The van der Waals surface area contributed by atoms with Crippen LogP contribution in [0.5, 0.6) is 11.5 Å². The van der Waals surface area contributed by atoms with E-state index < -0.39 is 5.91 Å². The topological polar surface area (TPSA) is 102 Å². The van der Waals surface area contributed by atoms with Gasteiger partial charge in [0.25, 0.3) is 5.91 Å². The fraction of sp³-hybridized carbons (Fsp3) is 0.150. The molecule has 1 amide bonds. The van der Waals surface area contributed by atoms with Crippen LogP contribution in [0.2, 0.25) is 0 Å². The lowest BCUT2D eigenvalue weighted by atomic mass is 10.1. The standard InChI is InChI=1S/C20H20N4O4/c1-13(9-15-5-4-8-28-15)12-21-24-20(25)17-11-16(22-23-17)14-6-7-18(26-2)19(10-14)27-3/h4-12H,1-3H3,(H,22,23)(H,24,25)/b13-9+,21-12-. The number of carbonyl (C=O) groups excluding carboxylic acids is 1. The molecule has 2 heterocycles. The first-order valence-electron chi connectivity index (χ1n) is 8.43. The van der Waals surface area contributed by atoms with E-state index >= 15 is 0 Å². The normalized spacial score (nSPS) is 11.6. The average Bonchev–Trinajstić information content (AvgIpc) is 3.39. The van der Waals surface area contributed by atoms with Gasteiger partial charge in [0, 0.05) is 5.56 Å². The molecule has 8 nitrogen and oxygen atoms in total. The minimum absolute atomic E-state index is 0.287. The van der Waals surface area contributed by atoms with E-state index in [0.717, 1.165) is 11.1 Å². The molecule has 1 aromatic carbocycles. The lowest BCUT2D eigenvalue weighted by Crippen LogP contribution is -2.17. The maximum absolute atomic E-state index is 12.2. The number of aromatic amines is 1. The van der Waals surface area contributed by atoms with Crippen molar-refractivity contribution < 1.29 is 18.7 Å². The molecular formula is C20H20N4O4. The molecule has 144 valence electrons. The number of methoxy groups -OCH3 is 2. The second-order valence-corrected chi connectivity index (χ2v) is 5.84. The lowest BCUT2D eigenvalue weighted by Gasteiger charge is -2.08. The molecule has 0 aliphatic rings. The molecule has 0 radical (unpaired) electrons. The molecule has 0 spiro atoms. The molecule has 2 aromatic heterocycles. The van der Waals surface area contributed by atoms with Crippen LogP contribution >= 0.6 is 0 Å². The van der Waals surface area contributed by atoms with Crippen molar-refractivity contribution in [3.8, 4) is 22.8 Å². The third-order valence-corrected chi connectivity index (χ3v) is 3.85. The van der Waals surface area contributed by atoms with Crippen LogP contribution in [0.15, 0.2) is 57.8 Å². The van der Waals surface area contributed by atoms with Crippen LogP contribution in [-0.2, 0) is 0 Å². The Bertz CT molecular complexity index is 1000. The van der Waals surface area contributed by atoms with Crippen molar-refractivity contribution >= 4 is 18.2 Å². The molecule has 28 heavy (non-hydrogen) atoms. The Kier molecular flexibility index (Phi) is 5.91. The van der Waals surface area contributed by atoms with Gasteiger partial charge in [-0.25, -0.2) is 5.43 Å². The number of nitrogens with zero attached hydrogens (tertiary/aromatic N) is 2. The van der Waals surface area contributed by atoms with Gasteiger partial charge in [0.05, 0.1) is 32.4 Å². The van der Waals surface area contributed by atoms with Crippen molar-refractivity contribution in [3.05, 3.63) is 59.7 Å². The summed E-state index contributed by atoms with van der Waals surface area (Å²) >= 11 is 0. The van der Waals surface area contributed by atoms with Crippen molar-refractivity contribution in [2.24, 2.45) is 5.10 Å². The summed E-state index contributed by atoms with van der Waals surface area (Å²) in [6.07, 6.45) is 4.93. The summed E-state index contributed by atoms with van der Waals surface area (Å²) in [5.74, 6) is 1.51. The van der Waals surface area contributed by atoms with Crippen molar-refractivity contribution in [1.82, 2.24) is 15.6 Å². The second-order valence-electron chi connectivity index (χ2n) is 5.84. The Hall–Kier alpha value is -3.81. The molecule has 0 aliphatic carbocycles. The smallest absolute Gasteiger partial charge is 0.289 e. The van der Waals surface area contributed by atoms with Crippen LogP contribution in [0, 0.1) is 0 Å². The summed E-state index contributed by atoms with van der Waals surface area (Å²) in [6.45, 7) is 1.85. The maximum Gasteiger partial charge on any atom is 0.289 e. The summed E-state index contributed by atoms with van der Waals surface area (Å²) in [7, 11) is 3.13. The fourth-order valence-corrected chi connectivity index (χ4v) is 2.47. The fourth-order valence-electron chi connectivity index (χ4n) is 2.47. The SMILES string of the molecule is COc1ccc(-c2cc(C(=O)N/N=C\C(C)=C\c3ccco3)[nH]n2)cc1OC. The van der Waals surface area contributed by atoms with Crippen LogP contribution in [-0.4, -0.2) is 36.5 Å². The van der Waals surface area contributed by atoms with E-state index in [-0.39, 0.29) is 5.69 Å². The van der Waals surface area contributed by atoms with Gasteiger partial charge in [-0.1, -0.05) is 0 Å². The van der Waals surface area contributed by atoms with Gasteiger partial charge in [-0.15, -0.1) is 0 Å². The number of amides is 1. The highest BCUT2D eigenvalue weighted by Gasteiger charge is 2.12. The monoisotopic (exact) mass is 380 g/mol. The molecule has 2 N–H and O–H groups in total. The summed E-state index contributed by atoms with van der Waals surface area (Å²) < 4.78 is 15.7. The van der Waals surface area contributed by atoms with E-state index in [9.17, 15) is 4.79 Å². The number of furan rings is 1. The highest BCUT2D eigenvalue weighted by Crippen LogP contribution is 2.31. The van der Waals surface area contributed by atoms with Crippen molar-refractivity contribution in [3.63, 3.8) is 0 Å². The Morgan fingerprint density at radius 3 is 2.75 bits per heavy atom. The van der Waals surface area contributed by atoms with Crippen LogP contribution in [0.3, 0.4) is 0 Å². The number of H-pyrrole nitrogens is 1. The summed E-state index contributed by atoms with van der Waals surface area (Å²) in [4.78, 5) is 12.2. The first kappa shape index (κ1) is 19.0. The number of benzene rings is 1. The zero-order valence-electron chi connectivity index (χ0n) is 15.7. The highest BCUT2D eigenvalue weighted by atomic mass is 16.5. The predicted octanol–water partition coefficient (Wildman–Crippen LogP) is 3.51. The first-order valence-corrected chi connectivity index (χ1v) is 8.43. The van der Waals surface area contributed by atoms with Gasteiger partial charge < -0.3 is 13.9 Å². The van der Waals surface area contributed by atoms with Crippen molar-refractivity contribution in [2.45, 2.75) is 6.92 Å². The Morgan fingerprint density at radius 2 is 2.04 bits per heavy atom. The largest absolute Gasteiger partial charge is 0.493 e. The molecule has 0 bridgehead atoms. The number of hydrogen-bond acceptors (Lipinski definition) is 6. The number of hydrazone groups is 1. The molecule has 0 aliphatic heterocycles. The van der Waals surface area contributed by atoms with Crippen LogP contribution < -0.4 is 14.9 Å². The van der Waals surface area contributed by atoms with E-state index in [1.165, 1.54) is 6.21 Å². The van der Waals surface area contributed by atoms with Gasteiger partial charge in [0.15, 0.2) is 11.5 Å². The van der Waals surface area contributed by atoms with Crippen LogP contribution in [0.4, 0.5) is 0 Å². The molecule has 8 heteroatoms. The molecule has 3 aromatic rings. The molecule has 0 saturated heterocycles. The summed E-state index contributed by atoms with van der Waals surface area (Å²) in [5.41, 5.74) is 4.96. The van der Waals surface area contributed by atoms with Gasteiger partial charge >= 0.3 is 0 Å². The van der Waals surface area contributed by atoms with Gasteiger partial charge in [-0.05, 0) is 55.0 Å². The summed E-state index contributed by atoms with van der Waals surface area (Å²) in [6, 6.07) is 10.7. The Balaban J connectivity index is 1.66. The third kappa shape index (κ3) is 4.47. The maximum atomic E-state index is 12.2. The number of rotatable bonds is 7. The van der Waals surface area contributed by atoms with E-state index in [1.807, 2.05) is 19.1 Å². The van der Waals surface area contributed by atoms with Crippen molar-refractivity contribution in [2.75, 3.05) is 14.2 Å². The number of allylic oxidation sites excluding steroid dienone is 1. The van der Waals surface area contributed by atoms with Gasteiger partial charge in [0.2, 0.25) is 0 Å². The number of carbonyl (C=O) groups is 1. The zero-order valence-corrected chi connectivity index (χ0v) is 15.7. The molecule has 0 unspecified atom stereocenters. The molecular weight excluding hydrogens is 360 g/mol. The van der Waals surface area contributed by atoms with Crippen molar-refractivity contribution in [1.29, 1.82) is 0 Å². The van der Waals surface area contributed by atoms with Gasteiger partial charge in [0.1, 0.15) is 11.5 Å². The number of nitrogens with one attached hydrogen (secondary N) is 2. The van der Waals surface area contributed by atoms with Crippen LogP contribution in [0.1, 0.15) is 23.2 Å². The molecule has 0 fully saturated rings. The van der Waals surface area contributed by atoms with E-state index in [4.69, 9.17) is 13.9 Å². The minimum Gasteiger partial charge on any atom is -0.493 e. The number of aromatic nitrogens is 2. The van der Waals surface area contributed by atoms with Gasteiger partial charge in [-0.3, -0.25) is 9.89 Å².